The molecule has 4 nitrogen and oxygen atoms in total. The van der Waals surface area contributed by atoms with Crippen molar-refractivity contribution < 1.29 is 0 Å². The van der Waals surface area contributed by atoms with Crippen molar-refractivity contribution in [2.24, 2.45) is 0 Å². The third-order valence-corrected chi connectivity index (χ3v) is 4.49. The van der Waals surface area contributed by atoms with Gasteiger partial charge in [-0.2, -0.15) is 0 Å². The van der Waals surface area contributed by atoms with E-state index in [2.05, 4.69) is 0 Å². The molecule has 0 spiro atoms. The first-order valence-corrected chi connectivity index (χ1v) is 8.21. The number of halogens is 3. The largest absolute Gasteiger partial charge is 0.331 e. The Kier molecular flexibility index (Phi) is 5.51. The van der Waals surface area contributed by atoms with Crippen molar-refractivity contribution in [3.8, 4) is 0 Å². The summed E-state index contributed by atoms with van der Waals surface area (Å²) >= 11 is 14.2. The lowest BCUT2D eigenvalue weighted by Gasteiger charge is -2.12. The van der Waals surface area contributed by atoms with Gasteiger partial charge < -0.3 is 0 Å². The highest BCUT2D eigenvalue weighted by Gasteiger charge is 2.13. The molecule has 0 aliphatic heterocycles. The Hall–Kier alpha value is -0.790. The smallest absolute Gasteiger partial charge is 0.299 e. The Morgan fingerprint density at radius 2 is 1.81 bits per heavy atom. The minimum absolute atomic E-state index is 0.0662. The van der Waals surface area contributed by atoms with Gasteiger partial charge >= 0.3 is 5.69 Å². The molecular weight excluding hydrogens is 426 g/mol. The maximum Gasteiger partial charge on any atom is 0.331 e. The molecular formula is C14H13Cl2IN2O2. The average Bonchev–Trinajstić information content (AvgIpc) is 2.44. The van der Waals surface area contributed by atoms with Crippen LogP contribution in [0.2, 0.25) is 10.0 Å². The average molecular weight is 439 g/mol. The van der Waals surface area contributed by atoms with Crippen LogP contribution in [0, 0.1) is 3.57 Å². The standard InChI is InChI=1S/C14H13Cl2IN2O2/c1-2-6-18-8-12(17)13(20)19(14(18)21)7-9-10(15)4-3-5-11(9)16/h3-5,8H,2,6-7H2,1H3. The molecule has 0 saturated carbocycles. The number of hydrogen-bond donors (Lipinski definition) is 0. The van der Waals surface area contributed by atoms with E-state index in [1.165, 1.54) is 9.13 Å². The summed E-state index contributed by atoms with van der Waals surface area (Å²) in [4.78, 5) is 24.6. The molecule has 0 N–H and O–H groups in total. The SMILES string of the molecule is CCCn1cc(I)c(=O)n(Cc2c(Cl)cccc2Cl)c1=O. The zero-order chi connectivity index (χ0) is 15.6. The third-order valence-electron chi connectivity index (χ3n) is 3.04. The molecule has 2 aromatic rings. The van der Waals surface area contributed by atoms with E-state index in [0.717, 1.165) is 6.42 Å². The summed E-state index contributed by atoms with van der Waals surface area (Å²) in [6, 6.07) is 5.10. The molecule has 0 amide bonds. The highest BCUT2D eigenvalue weighted by atomic mass is 127. The lowest BCUT2D eigenvalue weighted by Crippen LogP contribution is -2.41. The van der Waals surface area contributed by atoms with Crippen molar-refractivity contribution in [1.82, 2.24) is 9.13 Å². The number of hydrogen-bond acceptors (Lipinski definition) is 2. The molecule has 1 heterocycles. The van der Waals surface area contributed by atoms with Crippen molar-refractivity contribution in [2.45, 2.75) is 26.4 Å². The van der Waals surface area contributed by atoms with Crippen LogP contribution in [-0.4, -0.2) is 9.13 Å². The Bertz CT molecular complexity index is 763. The second kappa shape index (κ2) is 6.98. The van der Waals surface area contributed by atoms with Gasteiger partial charge in [0, 0.05) is 28.4 Å². The molecule has 0 radical (unpaired) electrons. The molecule has 0 aliphatic carbocycles. The first kappa shape index (κ1) is 16.6. The van der Waals surface area contributed by atoms with Crippen LogP contribution >= 0.6 is 45.8 Å². The monoisotopic (exact) mass is 438 g/mol. The molecule has 112 valence electrons. The lowest BCUT2D eigenvalue weighted by atomic mass is 10.2. The molecule has 7 heteroatoms. The van der Waals surface area contributed by atoms with Crippen LogP contribution in [0.4, 0.5) is 0 Å². The van der Waals surface area contributed by atoms with E-state index >= 15 is 0 Å². The topological polar surface area (TPSA) is 44.0 Å². The van der Waals surface area contributed by atoms with Crippen LogP contribution < -0.4 is 11.2 Å². The van der Waals surface area contributed by atoms with Crippen molar-refractivity contribution >= 4 is 45.8 Å². The van der Waals surface area contributed by atoms with Crippen LogP contribution in [0.5, 0.6) is 0 Å². The molecule has 0 unspecified atom stereocenters. The van der Waals surface area contributed by atoms with Gasteiger partial charge in [0.25, 0.3) is 5.56 Å². The van der Waals surface area contributed by atoms with Gasteiger partial charge in [-0.25, -0.2) is 4.79 Å². The molecule has 2 rings (SSSR count). The van der Waals surface area contributed by atoms with E-state index in [9.17, 15) is 9.59 Å². The van der Waals surface area contributed by atoms with Gasteiger partial charge in [0.15, 0.2) is 0 Å². The molecule has 0 aliphatic rings. The summed E-state index contributed by atoms with van der Waals surface area (Å²) in [6.45, 7) is 2.60. The predicted molar refractivity (Wildman–Crippen MR) is 93.5 cm³/mol. The molecule has 1 aromatic heterocycles. The van der Waals surface area contributed by atoms with E-state index in [1.54, 1.807) is 24.4 Å². The number of nitrogens with zero attached hydrogens (tertiary/aromatic N) is 2. The molecule has 21 heavy (non-hydrogen) atoms. The van der Waals surface area contributed by atoms with Crippen molar-refractivity contribution in [2.75, 3.05) is 0 Å². The summed E-state index contributed by atoms with van der Waals surface area (Å²) in [6.07, 6.45) is 2.39. The van der Waals surface area contributed by atoms with Crippen LogP contribution in [-0.2, 0) is 13.1 Å². The minimum Gasteiger partial charge on any atom is -0.299 e. The number of aromatic nitrogens is 2. The Labute approximate surface area is 145 Å². The summed E-state index contributed by atoms with van der Waals surface area (Å²) < 4.78 is 3.20. The first-order valence-electron chi connectivity index (χ1n) is 6.38. The van der Waals surface area contributed by atoms with Gasteiger partial charge in [-0.05, 0) is 41.1 Å². The fourth-order valence-corrected chi connectivity index (χ4v) is 3.14. The highest BCUT2D eigenvalue weighted by molar-refractivity contribution is 14.1. The second-order valence-corrected chi connectivity index (χ2v) is 6.52. The normalized spacial score (nSPS) is 10.9. The molecule has 0 fully saturated rings. The second-order valence-electron chi connectivity index (χ2n) is 4.54. The van der Waals surface area contributed by atoms with Crippen LogP contribution in [0.3, 0.4) is 0 Å². The van der Waals surface area contributed by atoms with Gasteiger partial charge in [-0.1, -0.05) is 36.2 Å². The fourth-order valence-electron chi connectivity index (χ4n) is 2.00. The minimum atomic E-state index is -0.349. The molecule has 0 atom stereocenters. The molecule has 1 aromatic carbocycles. The Morgan fingerprint density at radius 1 is 1.19 bits per heavy atom. The van der Waals surface area contributed by atoms with Crippen molar-refractivity contribution in [3.05, 3.63) is 64.4 Å². The third kappa shape index (κ3) is 3.52. The lowest BCUT2D eigenvalue weighted by molar-refractivity contribution is 0.566. The van der Waals surface area contributed by atoms with E-state index < -0.39 is 0 Å². The van der Waals surface area contributed by atoms with Crippen molar-refractivity contribution in [1.29, 1.82) is 0 Å². The van der Waals surface area contributed by atoms with Crippen LogP contribution in [0.25, 0.3) is 0 Å². The number of aryl methyl sites for hydroxylation is 1. The van der Waals surface area contributed by atoms with E-state index in [1.807, 2.05) is 29.5 Å². The summed E-state index contributed by atoms with van der Waals surface area (Å²) in [5.41, 5.74) is -0.104. The zero-order valence-corrected chi connectivity index (χ0v) is 14.9. The maximum absolute atomic E-state index is 12.4. The highest BCUT2D eigenvalue weighted by Crippen LogP contribution is 2.24. The zero-order valence-electron chi connectivity index (χ0n) is 11.3. The molecule has 0 bridgehead atoms. The van der Waals surface area contributed by atoms with E-state index in [4.69, 9.17) is 23.2 Å². The van der Waals surface area contributed by atoms with E-state index in [0.29, 0.717) is 25.7 Å². The van der Waals surface area contributed by atoms with Gasteiger partial charge in [-0.3, -0.25) is 13.9 Å². The Balaban J connectivity index is 2.59. The summed E-state index contributed by atoms with van der Waals surface area (Å²) in [7, 11) is 0. The molecule has 0 saturated heterocycles. The quantitative estimate of drug-likeness (QED) is 0.687. The van der Waals surface area contributed by atoms with Gasteiger partial charge in [-0.15, -0.1) is 0 Å². The van der Waals surface area contributed by atoms with Gasteiger partial charge in [0.1, 0.15) is 0 Å². The number of benzene rings is 1. The number of rotatable bonds is 4. The summed E-state index contributed by atoms with van der Waals surface area (Å²) in [5.74, 6) is 0. The van der Waals surface area contributed by atoms with E-state index in [-0.39, 0.29) is 17.8 Å². The maximum atomic E-state index is 12.4. The first-order chi connectivity index (χ1) is 9.95. The Morgan fingerprint density at radius 3 is 2.38 bits per heavy atom. The van der Waals surface area contributed by atoms with Gasteiger partial charge in [0.2, 0.25) is 0 Å². The predicted octanol–water partition coefficient (Wildman–Crippen LogP) is 3.38. The summed E-state index contributed by atoms with van der Waals surface area (Å²) in [5, 5.41) is 0.879. The fraction of sp³-hybridized carbons (Fsp3) is 0.286. The van der Waals surface area contributed by atoms with Crippen molar-refractivity contribution in [3.63, 3.8) is 0 Å². The van der Waals surface area contributed by atoms with Gasteiger partial charge in [0.05, 0.1) is 10.1 Å². The van der Waals surface area contributed by atoms with Crippen LogP contribution in [0.1, 0.15) is 18.9 Å². The van der Waals surface area contributed by atoms with Crippen LogP contribution in [0.15, 0.2) is 34.0 Å².